The summed E-state index contributed by atoms with van der Waals surface area (Å²) < 4.78 is 47.1. The van der Waals surface area contributed by atoms with Gasteiger partial charge >= 0.3 is 0 Å². The van der Waals surface area contributed by atoms with Crippen molar-refractivity contribution in [2.75, 3.05) is 18.0 Å². The van der Waals surface area contributed by atoms with E-state index in [0.29, 0.717) is 0 Å². The highest BCUT2D eigenvalue weighted by molar-refractivity contribution is 7.92. The predicted octanol–water partition coefficient (Wildman–Crippen LogP) is 5.65. The van der Waals surface area contributed by atoms with Gasteiger partial charge in [0, 0.05) is 0 Å². The van der Waals surface area contributed by atoms with Crippen LogP contribution in [0.3, 0.4) is 0 Å². The average Bonchev–Trinajstić information content (AvgIpc) is 2.82. The first kappa shape index (κ1) is 27.2. The SMILES string of the molecule is COc1cc(C)c([C@@H](C)NC(=O)CN(c2ccc(F)cc2)S(=O)(=O)c2ccc(C)cc2)cc1C(C)C. The number of benzene rings is 3. The fraction of sp³-hybridized carbons (Fsp3) is 0.321. The maximum absolute atomic E-state index is 13.6. The molecule has 3 aromatic rings. The molecule has 0 saturated heterocycles. The third kappa shape index (κ3) is 6.05. The van der Waals surface area contributed by atoms with Gasteiger partial charge in [0.15, 0.2) is 0 Å². The molecule has 0 aliphatic carbocycles. The summed E-state index contributed by atoms with van der Waals surface area (Å²) in [5, 5.41) is 2.92. The van der Waals surface area contributed by atoms with Crippen LogP contribution in [0.15, 0.2) is 65.6 Å². The fourth-order valence-corrected chi connectivity index (χ4v) is 5.49. The van der Waals surface area contributed by atoms with Gasteiger partial charge in [-0.2, -0.15) is 0 Å². The maximum atomic E-state index is 13.6. The number of nitrogens with one attached hydrogen (secondary N) is 1. The summed E-state index contributed by atoms with van der Waals surface area (Å²) in [6, 6.07) is 15.0. The van der Waals surface area contributed by atoms with E-state index in [4.69, 9.17) is 4.74 Å². The number of amides is 1. The summed E-state index contributed by atoms with van der Waals surface area (Å²) in [6.45, 7) is 9.32. The number of carbonyl (C=O) groups is 1. The van der Waals surface area contributed by atoms with Crippen molar-refractivity contribution in [2.45, 2.75) is 51.5 Å². The second-order valence-electron chi connectivity index (χ2n) is 9.20. The summed E-state index contributed by atoms with van der Waals surface area (Å²) in [5.41, 5.74) is 4.00. The molecule has 0 heterocycles. The summed E-state index contributed by atoms with van der Waals surface area (Å²) >= 11 is 0. The Balaban J connectivity index is 1.91. The quantitative estimate of drug-likeness (QED) is 0.402. The Bertz CT molecular complexity index is 1320. The van der Waals surface area contributed by atoms with E-state index in [9.17, 15) is 17.6 Å². The van der Waals surface area contributed by atoms with E-state index in [-0.39, 0.29) is 22.5 Å². The third-order valence-electron chi connectivity index (χ3n) is 6.10. The van der Waals surface area contributed by atoms with Crippen LogP contribution < -0.4 is 14.4 Å². The Hall–Kier alpha value is -3.39. The van der Waals surface area contributed by atoms with E-state index in [1.54, 1.807) is 19.2 Å². The molecule has 0 fully saturated rings. The van der Waals surface area contributed by atoms with Crippen molar-refractivity contribution in [3.8, 4) is 5.75 Å². The maximum Gasteiger partial charge on any atom is 0.264 e. The Morgan fingerprint density at radius 2 is 1.58 bits per heavy atom. The number of halogens is 1. The van der Waals surface area contributed by atoms with Gasteiger partial charge in [0.05, 0.1) is 23.7 Å². The largest absolute Gasteiger partial charge is 0.496 e. The molecule has 3 aromatic carbocycles. The normalized spacial score (nSPS) is 12.3. The molecule has 36 heavy (non-hydrogen) atoms. The molecule has 1 N–H and O–H groups in total. The molecule has 8 heteroatoms. The molecule has 1 atom stereocenters. The van der Waals surface area contributed by atoms with E-state index in [2.05, 4.69) is 19.2 Å². The first-order chi connectivity index (χ1) is 16.9. The number of ether oxygens (including phenoxy) is 1. The van der Waals surface area contributed by atoms with Gasteiger partial charge in [-0.15, -0.1) is 0 Å². The molecular formula is C28H33FN2O4S. The summed E-state index contributed by atoms with van der Waals surface area (Å²) in [6.07, 6.45) is 0. The Kier molecular flexibility index (Phi) is 8.40. The minimum Gasteiger partial charge on any atom is -0.496 e. The molecular weight excluding hydrogens is 479 g/mol. The number of aryl methyl sites for hydroxylation is 2. The van der Waals surface area contributed by atoms with Crippen molar-refractivity contribution >= 4 is 21.6 Å². The minimum atomic E-state index is -4.08. The van der Waals surface area contributed by atoms with Crippen molar-refractivity contribution < 1.29 is 22.3 Å². The van der Waals surface area contributed by atoms with Gasteiger partial charge in [-0.25, -0.2) is 12.8 Å². The first-order valence-corrected chi connectivity index (χ1v) is 13.2. The van der Waals surface area contributed by atoms with E-state index in [1.165, 1.54) is 36.4 Å². The molecule has 0 spiro atoms. The lowest BCUT2D eigenvalue weighted by molar-refractivity contribution is -0.120. The number of hydrogen-bond acceptors (Lipinski definition) is 4. The molecule has 0 aliphatic heterocycles. The number of sulfonamides is 1. The van der Waals surface area contributed by atoms with Crippen LogP contribution >= 0.6 is 0 Å². The number of nitrogens with zero attached hydrogens (tertiary/aromatic N) is 1. The van der Waals surface area contributed by atoms with Crippen molar-refractivity contribution in [3.05, 3.63) is 88.7 Å². The topological polar surface area (TPSA) is 75.7 Å². The lowest BCUT2D eigenvalue weighted by atomic mass is 9.93. The first-order valence-electron chi connectivity index (χ1n) is 11.8. The molecule has 0 saturated carbocycles. The van der Waals surface area contributed by atoms with E-state index < -0.39 is 28.3 Å². The molecule has 6 nitrogen and oxygen atoms in total. The highest BCUT2D eigenvalue weighted by Crippen LogP contribution is 2.32. The molecule has 3 rings (SSSR count). The summed E-state index contributed by atoms with van der Waals surface area (Å²) in [4.78, 5) is 13.2. The molecule has 0 unspecified atom stereocenters. The van der Waals surface area contributed by atoms with Gasteiger partial charge in [0.25, 0.3) is 10.0 Å². The van der Waals surface area contributed by atoms with E-state index in [1.807, 2.05) is 32.9 Å². The van der Waals surface area contributed by atoms with Crippen LogP contribution in [0.5, 0.6) is 5.75 Å². The Morgan fingerprint density at radius 1 is 0.972 bits per heavy atom. The zero-order valence-electron chi connectivity index (χ0n) is 21.5. The average molecular weight is 513 g/mol. The highest BCUT2D eigenvalue weighted by atomic mass is 32.2. The second kappa shape index (κ2) is 11.1. The standard InChI is InChI=1S/C28H33FN2O4S/c1-18(2)25-16-26(20(4)15-27(25)35-6)21(5)30-28(32)17-31(23-11-9-22(29)10-12-23)36(33,34)24-13-7-19(3)8-14-24/h7-16,18,21H,17H2,1-6H3,(H,30,32)/t21-/m1/s1. The van der Waals surface area contributed by atoms with Gasteiger partial charge in [-0.05, 0) is 91.9 Å². The number of methoxy groups -OCH3 is 1. The molecule has 0 radical (unpaired) electrons. The monoisotopic (exact) mass is 512 g/mol. The van der Waals surface area contributed by atoms with Crippen LogP contribution in [0.2, 0.25) is 0 Å². The predicted molar refractivity (Wildman–Crippen MR) is 140 cm³/mol. The van der Waals surface area contributed by atoms with Crippen LogP contribution in [0, 0.1) is 19.7 Å². The number of anilines is 1. The van der Waals surface area contributed by atoms with Crippen molar-refractivity contribution in [2.24, 2.45) is 0 Å². The third-order valence-corrected chi connectivity index (χ3v) is 7.88. The van der Waals surface area contributed by atoms with Gasteiger partial charge in [-0.3, -0.25) is 9.10 Å². The zero-order chi connectivity index (χ0) is 26.6. The lowest BCUT2D eigenvalue weighted by Gasteiger charge is -2.26. The van der Waals surface area contributed by atoms with Crippen molar-refractivity contribution in [1.82, 2.24) is 5.32 Å². The van der Waals surface area contributed by atoms with Crippen LogP contribution in [-0.2, 0) is 14.8 Å². The van der Waals surface area contributed by atoms with Crippen LogP contribution in [0.1, 0.15) is 55.0 Å². The van der Waals surface area contributed by atoms with Gasteiger partial charge in [-0.1, -0.05) is 31.5 Å². The summed E-state index contributed by atoms with van der Waals surface area (Å²) in [5.74, 6) is 0.0246. The number of hydrogen-bond donors (Lipinski definition) is 1. The van der Waals surface area contributed by atoms with Crippen molar-refractivity contribution in [3.63, 3.8) is 0 Å². The van der Waals surface area contributed by atoms with Gasteiger partial charge in [0.2, 0.25) is 5.91 Å². The number of rotatable bonds is 9. The number of carbonyl (C=O) groups excluding carboxylic acids is 1. The molecule has 1 amide bonds. The smallest absolute Gasteiger partial charge is 0.264 e. The molecule has 192 valence electrons. The van der Waals surface area contributed by atoms with Crippen LogP contribution in [0.4, 0.5) is 10.1 Å². The van der Waals surface area contributed by atoms with Crippen LogP contribution in [-0.4, -0.2) is 28.0 Å². The Morgan fingerprint density at radius 3 is 2.14 bits per heavy atom. The zero-order valence-corrected chi connectivity index (χ0v) is 22.3. The highest BCUT2D eigenvalue weighted by Gasteiger charge is 2.28. The van der Waals surface area contributed by atoms with Crippen LogP contribution in [0.25, 0.3) is 0 Å². The second-order valence-corrected chi connectivity index (χ2v) is 11.1. The fourth-order valence-electron chi connectivity index (χ4n) is 4.07. The van der Waals surface area contributed by atoms with E-state index in [0.717, 1.165) is 32.3 Å². The Labute approximate surface area is 213 Å². The van der Waals surface area contributed by atoms with E-state index >= 15 is 0 Å². The minimum absolute atomic E-state index is 0.0471. The van der Waals surface area contributed by atoms with Gasteiger partial charge < -0.3 is 10.1 Å². The lowest BCUT2D eigenvalue weighted by Crippen LogP contribution is -2.41. The molecule has 0 aromatic heterocycles. The van der Waals surface area contributed by atoms with Crippen molar-refractivity contribution in [1.29, 1.82) is 0 Å². The summed E-state index contributed by atoms with van der Waals surface area (Å²) in [7, 11) is -2.45. The molecule has 0 aliphatic rings. The van der Waals surface area contributed by atoms with Gasteiger partial charge in [0.1, 0.15) is 18.1 Å². The molecule has 0 bridgehead atoms.